The van der Waals surface area contributed by atoms with Crippen molar-refractivity contribution in [3.8, 4) is 0 Å². The Bertz CT molecular complexity index is 364. The van der Waals surface area contributed by atoms with E-state index < -0.39 is 0 Å². The van der Waals surface area contributed by atoms with Crippen LogP contribution in [0.3, 0.4) is 0 Å². The van der Waals surface area contributed by atoms with E-state index in [4.69, 9.17) is 15.2 Å². The van der Waals surface area contributed by atoms with E-state index in [9.17, 15) is 0 Å². The first-order chi connectivity index (χ1) is 7.78. The van der Waals surface area contributed by atoms with Gasteiger partial charge in [0.25, 0.3) is 0 Å². The Morgan fingerprint density at radius 1 is 1.19 bits per heavy atom. The van der Waals surface area contributed by atoms with E-state index in [1.165, 1.54) is 17.5 Å². The molecule has 1 saturated heterocycles. The van der Waals surface area contributed by atoms with Crippen molar-refractivity contribution in [3.05, 3.63) is 35.4 Å². The predicted molar refractivity (Wildman–Crippen MR) is 60.8 cm³/mol. The van der Waals surface area contributed by atoms with Gasteiger partial charge in [0.15, 0.2) is 0 Å². The van der Waals surface area contributed by atoms with Gasteiger partial charge in [-0.05, 0) is 30.4 Å². The molecule has 0 radical (unpaired) electrons. The number of hydrogen-bond donors (Lipinski definition) is 1. The number of hydrogen-bond acceptors (Lipinski definition) is 3. The Hall–Kier alpha value is -0.900. The molecule has 0 spiro atoms. The van der Waals surface area contributed by atoms with Gasteiger partial charge in [-0.15, -0.1) is 0 Å². The summed E-state index contributed by atoms with van der Waals surface area (Å²) in [7, 11) is 0. The lowest BCUT2D eigenvalue weighted by atomic mass is 9.72. The molecule has 1 aliphatic heterocycles. The Labute approximate surface area is 95.5 Å². The fourth-order valence-electron chi connectivity index (χ4n) is 2.40. The van der Waals surface area contributed by atoms with Crippen LogP contribution in [0.5, 0.6) is 0 Å². The van der Waals surface area contributed by atoms with E-state index in [1.54, 1.807) is 0 Å². The Kier molecular flexibility index (Phi) is 2.46. The number of ether oxygens (including phenoxy) is 2. The van der Waals surface area contributed by atoms with Crippen molar-refractivity contribution in [1.29, 1.82) is 0 Å². The van der Waals surface area contributed by atoms with Crippen LogP contribution in [-0.2, 0) is 15.0 Å². The van der Waals surface area contributed by atoms with E-state index in [-0.39, 0.29) is 11.6 Å². The molecule has 1 aliphatic carbocycles. The minimum absolute atomic E-state index is 0.0639. The van der Waals surface area contributed by atoms with Gasteiger partial charge in [0.1, 0.15) is 12.9 Å². The van der Waals surface area contributed by atoms with Gasteiger partial charge in [-0.25, -0.2) is 0 Å². The lowest BCUT2D eigenvalue weighted by Gasteiger charge is -2.38. The highest BCUT2D eigenvalue weighted by Gasteiger charge is 2.34. The van der Waals surface area contributed by atoms with Crippen molar-refractivity contribution in [2.75, 3.05) is 13.4 Å². The molecule has 1 aromatic rings. The maximum Gasteiger partial charge on any atom is 0.147 e. The first kappa shape index (κ1) is 10.3. The average Bonchev–Trinajstić information content (AvgIpc) is 2.80. The molecule has 2 N–H and O–H groups in total. The molecule has 86 valence electrons. The van der Waals surface area contributed by atoms with E-state index in [1.807, 2.05) is 0 Å². The molecule has 0 aromatic heterocycles. The molecule has 1 unspecified atom stereocenters. The van der Waals surface area contributed by atoms with Gasteiger partial charge >= 0.3 is 0 Å². The summed E-state index contributed by atoms with van der Waals surface area (Å²) in [4.78, 5) is 0. The van der Waals surface area contributed by atoms with Gasteiger partial charge in [-0.3, -0.25) is 0 Å². The van der Waals surface area contributed by atoms with Gasteiger partial charge in [-0.1, -0.05) is 24.3 Å². The summed E-state index contributed by atoms with van der Waals surface area (Å²) in [6.45, 7) is 1.07. The molecule has 3 rings (SSSR count). The highest BCUT2D eigenvalue weighted by molar-refractivity contribution is 5.31. The number of rotatable bonds is 2. The zero-order valence-electron chi connectivity index (χ0n) is 9.32. The van der Waals surface area contributed by atoms with Crippen LogP contribution in [0.25, 0.3) is 0 Å². The van der Waals surface area contributed by atoms with Crippen molar-refractivity contribution in [2.24, 2.45) is 5.73 Å². The second kappa shape index (κ2) is 3.84. The van der Waals surface area contributed by atoms with E-state index in [2.05, 4.69) is 24.3 Å². The van der Waals surface area contributed by atoms with Crippen LogP contribution < -0.4 is 5.73 Å². The smallest absolute Gasteiger partial charge is 0.147 e. The standard InChI is InChI=1S/C13H17NO2/c14-13(6-1-7-13)11-4-2-10(3-5-11)12-8-15-9-16-12/h2-5,12H,1,6-9,14H2. The lowest BCUT2D eigenvalue weighted by molar-refractivity contribution is 0.0466. The van der Waals surface area contributed by atoms with Gasteiger partial charge in [0.05, 0.1) is 6.61 Å². The van der Waals surface area contributed by atoms with Crippen LogP contribution in [-0.4, -0.2) is 13.4 Å². The zero-order chi connectivity index (χ0) is 11.0. The fourth-order valence-corrected chi connectivity index (χ4v) is 2.40. The normalized spacial score (nSPS) is 27.7. The van der Waals surface area contributed by atoms with Crippen molar-refractivity contribution >= 4 is 0 Å². The van der Waals surface area contributed by atoms with Crippen LogP contribution in [0.2, 0.25) is 0 Å². The molecule has 1 heterocycles. The van der Waals surface area contributed by atoms with E-state index in [0.29, 0.717) is 13.4 Å². The number of benzene rings is 1. The SMILES string of the molecule is NC1(c2ccc(C3COCO3)cc2)CCC1. The monoisotopic (exact) mass is 219 g/mol. The summed E-state index contributed by atoms with van der Waals surface area (Å²) >= 11 is 0. The lowest BCUT2D eigenvalue weighted by Crippen LogP contribution is -2.43. The van der Waals surface area contributed by atoms with E-state index >= 15 is 0 Å². The molecule has 1 aromatic carbocycles. The fraction of sp³-hybridized carbons (Fsp3) is 0.538. The largest absolute Gasteiger partial charge is 0.352 e. The molecule has 3 nitrogen and oxygen atoms in total. The van der Waals surface area contributed by atoms with Gasteiger partial charge in [0, 0.05) is 5.54 Å². The molecule has 0 bridgehead atoms. The van der Waals surface area contributed by atoms with Gasteiger partial charge < -0.3 is 15.2 Å². The zero-order valence-corrected chi connectivity index (χ0v) is 9.32. The topological polar surface area (TPSA) is 44.5 Å². The molecular formula is C13H17NO2. The Morgan fingerprint density at radius 3 is 2.44 bits per heavy atom. The molecule has 2 fully saturated rings. The number of nitrogens with two attached hydrogens (primary N) is 1. The van der Waals surface area contributed by atoms with Crippen molar-refractivity contribution < 1.29 is 9.47 Å². The Morgan fingerprint density at radius 2 is 1.94 bits per heavy atom. The third-order valence-corrected chi connectivity index (χ3v) is 3.72. The highest BCUT2D eigenvalue weighted by Crippen LogP contribution is 2.39. The summed E-state index contributed by atoms with van der Waals surface area (Å²) in [5.74, 6) is 0. The molecule has 1 atom stereocenters. The maximum absolute atomic E-state index is 6.27. The molecule has 0 amide bonds. The summed E-state index contributed by atoms with van der Waals surface area (Å²) in [5, 5.41) is 0. The summed E-state index contributed by atoms with van der Waals surface area (Å²) in [5.41, 5.74) is 8.64. The third kappa shape index (κ3) is 1.65. The third-order valence-electron chi connectivity index (χ3n) is 3.72. The molecule has 16 heavy (non-hydrogen) atoms. The van der Waals surface area contributed by atoms with Gasteiger partial charge in [0.2, 0.25) is 0 Å². The van der Waals surface area contributed by atoms with Crippen LogP contribution in [0, 0.1) is 0 Å². The van der Waals surface area contributed by atoms with Crippen LogP contribution in [0.4, 0.5) is 0 Å². The maximum atomic E-state index is 6.27. The Balaban J connectivity index is 1.79. The average molecular weight is 219 g/mol. The quantitative estimate of drug-likeness (QED) is 0.828. The van der Waals surface area contributed by atoms with Crippen LogP contribution in [0.1, 0.15) is 36.5 Å². The minimum atomic E-state index is -0.0639. The summed E-state index contributed by atoms with van der Waals surface area (Å²) in [6.07, 6.45) is 3.56. The molecule has 2 aliphatic rings. The molecular weight excluding hydrogens is 202 g/mol. The highest BCUT2D eigenvalue weighted by atomic mass is 16.7. The minimum Gasteiger partial charge on any atom is -0.352 e. The van der Waals surface area contributed by atoms with Crippen molar-refractivity contribution in [1.82, 2.24) is 0 Å². The van der Waals surface area contributed by atoms with Crippen LogP contribution >= 0.6 is 0 Å². The van der Waals surface area contributed by atoms with Crippen molar-refractivity contribution in [2.45, 2.75) is 30.9 Å². The first-order valence-electron chi connectivity index (χ1n) is 5.87. The summed E-state index contributed by atoms with van der Waals surface area (Å²) < 4.78 is 10.6. The van der Waals surface area contributed by atoms with Crippen LogP contribution in [0.15, 0.2) is 24.3 Å². The van der Waals surface area contributed by atoms with Gasteiger partial charge in [-0.2, -0.15) is 0 Å². The van der Waals surface area contributed by atoms with E-state index in [0.717, 1.165) is 12.8 Å². The molecule has 3 heteroatoms. The predicted octanol–water partition coefficient (Wildman–Crippen LogP) is 2.07. The molecule has 1 saturated carbocycles. The van der Waals surface area contributed by atoms with Crippen molar-refractivity contribution in [3.63, 3.8) is 0 Å². The second-order valence-electron chi connectivity index (χ2n) is 4.78. The summed E-state index contributed by atoms with van der Waals surface area (Å²) in [6, 6.07) is 8.50. The first-order valence-corrected chi connectivity index (χ1v) is 5.87. The second-order valence-corrected chi connectivity index (χ2v) is 4.78.